The third-order valence-corrected chi connectivity index (χ3v) is 9.02. The van der Waals surface area contributed by atoms with E-state index in [0.29, 0.717) is 47.6 Å². The van der Waals surface area contributed by atoms with Crippen molar-refractivity contribution in [2.24, 2.45) is 0 Å². The number of fused-ring (bicyclic) bond motifs is 2. The van der Waals surface area contributed by atoms with Crippen LogP contribution in [0.1, 0.15) is 63.7 Å². The number of H-pyrrole nitrogens is 1. The number of ether oxygens (including phenoxy) is 1. The second kappa shape index (κ2) is 13.1. The summed E-state index contributed by atoms with van der Waals surface area (Å²) in [5, 5.41) is 0. The normalized spacial score (nSPS) is 16.2. The molecule has 11 heteroatoms. The largest absolute Gasteiger partial charge is 0.486 e. The van der Waals surface area contributed by atoms with E-state index < -0.39 is 11.6 Å². The lowest BCUT2D eigenvalue weighted by molar-refractivity contribution is 0.178. The van der Waals surface area contributed by atoms with E-state index in [4.69, 9.17) is 4.74 Å². The van der Waals surface area contributed by atoms with E-state index in [2.05, 4.69) is 59.5 Å². The van der Waals surface area contributed by atoms with Crippen LogP contribution in [0.25, 0.3) is 22.4 Å². The lowest BCUT2D eigenvalue weighted by Crippen LogP contribution is -2.39. The van der Waals surface area contributed by atoms with E-state index in [-0.39, 0.29) is 23.9 Å². The number of aromatic amines is 1. The summed E-state index contributed by atoms with van der Waals surface area (Å²) in [6, 6.07) is 5.31. The Labute approximate surface area is 257 Å². The summed E-state index contributed by atoms with van der Waals surface area (Å²) >= 11 is 0. The number of likely N-dealkylation sites (tertiary alicyclic amines) is 1. The molecule has 9 nitrogen and oxygen atoms in total. The third kappa shape index (κ3) is 6.39. The molecule has 1 aromatic carbocycles. The van der Waals surface area contributed by atoms with Crippen LogP contribution in [0.2, 0.25) is 0 Å². The van der Waals surface area contributed by atoms with E-state index >= 15 is 8.78 Å². The van der Waals surface area contributed by atoms with Gasteiger partial charge in [-0.25, -0.2) is 28.7 Å². The summed E-state index contributed by atoms with van der Waals surface area (Å²) in [5.74, 6) is 0.541. The molecule has 0 bridgehead atoms. The third-order valence-electron chi connectivity index (χ3n) is 9.02. The van der Waals surface area contributed by atoms with Gasteiger partial charge in [0.05, 0.1) is 30.4 Å². The first kappa shape index (κ1) is 30.3. The molecule has 6 rings (SSSR count). The maximum absolute atomic E-state index is 15.1. The molecule has 1 N–H and O–H groups in total. The summed E-state index contributed by atoms with van der Waals surface area (Å²) in [6.45, 7) is 16.2. The van der Waals surface area contributed by atoms with Crippen molar-refractivity contribution >= 4 is 16.9 Å². The Hall–Kier alpha value is -3.70. The highest BCUT2D eigenvalue weighted by Crippen LogP contribution is 2.39. The molecule has 0 atom stereocenters. The van der Waals surface area contributed by atoms with E-state index in [1.165, 1.54) is 11.6 Å². The van der Waals surface area contributed by atoms with Gasteiger partial charge in [0.2, 0.25) is 0 Å². The Kier molecular flexibility index (Phi) is 9.04. The van der Waals surface area contributed by atoms with Crippen molar-refractivity contribution < 1.29 is 13.5 Å². The molecular weight excluding hydrogens is 562 g/mol. The minimum Gasteiger partial charge on any atom is -0.486 e. The number of likely N-dealkylation sites (N-methyl/N-ethyl adjacent to an activating group) is 1. The summed E-state index contributed by atoms with van der Waals surface area (Å²) in [5.41, 5.74) is 3.72. The van der Waals surface area contributed by atoms with Gasteiger partial charge in [-0.3, -0.25) is 0 Å². The van der Waals surface area contributed by atoms with Crippen molar-refractivity contribution in [2.45, 2.75) is 58.9 Å². The van der Waals surface area contributed by atoms with Gasteiger partial charge in [0, 0.05) is 30.9 Å². The van der Waals surface area contributed by atoms with Crippen molar-refractivity contribution in [3.05, 3.63) is 59.4 Å². The first-order valence-electron chi connectivity index (χ1n) is 15.9. The fourth-order valence-electron chi connectivity index (χ4n) is 6.40. The molecule has 2 aliphatic rings. The standard InChI is InChI=1S/C33H42F2N8O/c1-5-41(6-2)11-12-42-9-7-22(8-10-42)24-16-27-33(37-19-24)40-30(38-27)18-29-36-20-26(35)31(39-29)23-15-25(34)32-28(17-23)43(21(3)4)13-14-44-32/h15-17,19-22H,5-14,18H2,1-4H3,(H,37,38,40). The average molecular weight is 605 g/mol. The van der Waals surface area contributed by atoms with Gasteiger partial charge in [0.1, 0.15) is 23.9 Å². The highest BCUT2D eigenvalue weighted by atomic mass is 19.1. The summed E-state index contributed by atoms with van der Waals surface area (Å²) in [4.78, 5) is 28.5. The molecule has 2 aliphatic heterocycles. The Morgan fingerprint density at radius 3 is 2.55 bits per heavy atom. The maximum atomic E-state index is 15.1. The highest BCUT2D eigenvalue weighted by Gasteiger charge is 2.26. The second-order valence-electron chi connectivity index (χ2n) is 12.1. The summed E-state index contributed by atoms with van der Waals surface area (Å²) in [7, 11) is 0. The zero-order valence-electron chi connectivity index (χ0n) is 26.1. The van der Waals surface area contributed by atoms with Gasteiger partial charge < -0.3 is 24.4 Å². The Balaban J connectivity index is 1.16. The molecule has 0 radical (unpaired) electrons. The molecule has 1 saturated heterocycles. The Bertz CT molecular complexity index is 1600. The van der Waals surface area contributed by atoms with Crippen molar-refractivity contribution in [1.82, 2.24) is 34.7 Å². The average Bonchev–Trinajstić information content (AvgIpc) is 3.44. The lowest BCUT2D eigenvalue weighted by Gasteiger charge is -2.34. The fraction of sp³-hybridized carbons (Fsp3) is 0.515. The molecule has 44 heavy (non-hydrogen) atoms. The minimum atomic E-state index is -0.615. The van der Waals surface area contributed by atoms with E-state index in [9.17, 15) is 0 Å². The number of imidazole rings is 1. The molecule has 234 valence electrons. The van der Waals surface area contributed by atoms with Crippen LogP contribution in [0, 0.1) is 11.6 Å². The lowest BCUT2D eigenvalue weighted by atomic mass is 9.90. The number of hydrogen-bond acceptors (Lipinski definition) is 8. The van der Waals surface area contributed by atoms with Crippen LogP contribution in [0.5, 0.6) is 5.75 Å². The number of anilines is 1. The summed E-state index contributed by atoms with van der Waals surface area (Å²) in [6.07, 6.45) is 5.58. The maximum Gasteiger partial charge on any atom is 0.178 e. The number of piperidine rings is 1. The van der Waals surface area contributed by atoms with Crippen LogP contribution in [-0.2, 0) is 6.42 Å². The first-order chi connectivity index (χ1) is 21.3. The van der Waals surface area contributed by atoms with Gasteiger partial charge in [-0.15, -0.1) is 0 Å². The van der Waals surface area contributed by atoms with Gasteiger partial charge in [0.15, 0.2) is 23.0 Å². The predicted octanol–water partition coefficient (Wildman–Crippen LogP) is 5.41. The Morgan fingerprint density at radius 2 is 1.80 bits per heavy atom. The van der Waals surface area contributed by atoms with Gasteiger partial charge in [-0.05, 0) is 82.5 Å². The zero-order valence-corrected chi connectivity index (χ0v) is 26.1. The van der Waals surface area contributed by atoms with Gasteiger partial charge in [-0.1, -0.05) is 13.8 Å². The number of aromatic nitrogens is 5. The zero-order chi connectivity index (χ0) is 30.8. The number of nitrogens with one attached hydrogen (secondary N) is 1. The number of halogens is 2. The van der Waals surface area contributed by atoms with Gasteiger partial charge in [0.25, 0.3) is 0 Å². The number of pyridine rings is 1. The second-order valence-corrected chi connectivity index (χ2v) is 12.1. The first-order valence-corrected chi connectivity index (χ1v) is 15.9. The minimum absolute atomic E-state index is 0.0472. The molecule has 0 unspecified atom stereocenters. The number of rotatable bonds is 10. The number of nitrogens with zero attached hydrogens (tertiary/aromatic N) is 7. The van der Waals surface area contributed by atoms with Crippen LogP contribution in [0.15, 0.2) is 30.6 Å². The predicted molar refractivity (Wildman–Crippen MR) is 168 cm³/mol. The van der Waals surface area contributed by atoms with Crippen LogP contribution >= 0.6 is 0 Å². The quantitative estimate of drug-likeness (QED) is 0.257. The molecule has 5 heterocycles. The molecule has 0 aliphatic carbocycles. The molecule has 0 spiro atoms. The molecule has 1 fully saturated rings. The van der Waals surface area contributed by atoms with Crippen molar-refractivity contribution in [3.63, 3.8) is 0 Å². The molecule has 0 amide bonds. The smallest absolute Gasteiger partial charge is 0.178 e. The topological polar surface area (TPSA) is 86.3 Å². The number of hydrogen-bond donors (Lipinski definition) is 1. The Morgan fingerprint density at radius 1 is 1.00 bits per heavy atom. The monoisotopic (exact) mass is 604 g/mol. The summed E-state index contributed by atoms with van der Waals surface area (Å²) < 4.78 is 35.7. The van der Waals surface area contributed by atoms with Crippen molar-refractivity contribution in [2.75, 3.05) is 57.3 Å². The van der Waals surface area contributed by atoms with Crippen molar-refractivity contribution in [1.29, 1.82) is 0 Å². The fourth-order valence-corrected chi connectivity index (χ4v) is 6.40. The van der Waals surface area contributed by atoms with E-state index in [1.54, 1.807) is 6.07 Å². The van der Waals surface area contributed by atoms with Crippen molar-refractivity contribution in [3.8, 4) is 17.0 Å². The van der Waals surface area contributed by atoms with Crippen LogP contribution < -0.4 is 9.64 Å². The van der Waals surface area contributed by atoms with Crippen LogP contribution in [0.3, 0.4) is 0 Å². The van der Waals surface area contributed by atoms with E-state index in [1.807, 2.05) is 20.0 Å². The SMILES string of the molecule is CCN(CC)CCN1CCC(c2cnc3nc(Cc4ncc(F)c(-c5cc(F)c6c(c5)N(C(C)C)CCO6)n4)[nH]c3c2)CC1. The van der Waals surface area contributed by atoms with E-state index in [0.717, 1.165) is 63.8 Å². The van der Waals surface area contributed by atoms with Gasteiger partial charge >= 0.3 is 0 Å². The molecule has 4 aromatic rings. The molecule has 0 saturated carbocycles. The highest BCUT2D eigenvalue weighted by molar-refractivity contribution is 5.73. The van der Waals surface area contributed by atoms with Crippen LogP contribution in [0.4, 0.5) is 14.5 Å². The van der Waals surface area contributed by atoms with Crippen LogP contribution in [-0.4, -0.2) is 93.2 Å². The van der Waals surface area contributed by atoms with Gasteiger partial charge in [-0.2, -0.15) is 0 Å². The molecular formula is C33H42F2N8O. The number of benzene rings is 1. The molecule has 3 aromatic heterocycles.